The van der Waals surface area contributed by atoms with Crippen molar-refractivity contribution < 1.29 is 4.79 Å². The number of amides is 1. The molecule has 0 aliphatic carbocycles. The van der Waals surface area contributed by atoms with Crippen molar-refractivity contribution >= 4 is 23.4 Å². The lowest BCUT2D eigenvalue weighted by Crippen LogP contribution is -2.27. The van der Waals surface area contributed by atoms with Crippen LogP contribution in [0.5, 0.6) is 0 Å². The largest absolute Gasteiger partial charge is 0.343 e. The van der Waals surface area contributed by atoms with Crippen LogP contribution in [0, 0.1) is 6.92 Å². The first kappa shape index (κ1) is 20.7. The van der Waals surface area contributed by atoms with E-state index >= 15 is 0 Å². The van der Waals surface area contributed by atoms with Gasteiger partial charge in [0, 0.05) is 13.6 Å². The number of hydrogen-bond acceptors (Lipinski definition) is 5. The fourth-order valence-corrected chi connectivity index (χ4v) is 3.84. The van der Waals surface area contributed by atoms with Crippen LogP contribution in [-0.2, 0) is 18.4 Å². The van der Waals surface area contributed by atoms with Gasteiger partial charge in [0.25, 0.3) is 5.56 Å². The van der Waals surface area contributed by atoms with Crippen molar-refractivity contribution in [2.75, 3.05) is 5.32 Å². The Morgan fingerprint density at radius 2 is 1.97 bits per heavy atom. The Hall–Kier alpha value is -3.01. The number of benzene rings is 1. The molecule has 0 aliphatic heterocycles. The summed E-state index contributed by atoms with van der Waals surface area (Å²) in [5.41, 5.74) is 0.996. The topological polar surface area (TPSA) is 107 Å². The third kappa shape index (κ3) is 4.07. The van der Waals surface area contributed by atoms with Crippen LogP contribution in [0.25, 0.3) is 5.69 Å². The Morgan fingerprint density at radius 1 is 1.28 bits per heavy atom. The molecule has 154 valence electrons. The van der Waals surface area contributed by atoms with E-state index in [1.54, 1.807) is 25.6 Å². The van der Waals surface area contributed by atoms with E-state index in [0.717, 1.165) is 6.42 Å². The number of carbonyl (C=O) groups is 1. The summed E-state index contributed by atoms with van der Waals surface area (Å²) in [6, 6.07) is 9.23. The number of hydrogen-bond donors (Lipinski definition) is 2. The normalized spacial score (nSPS) is 12.1. The predicted octanol–water partition coefficient (Wildman–Crippen LogP) is 1.90. The van der Waals surface area contributed by atoms with Crippen molar-refractivity contribution in [1.82, 2.24) is 24.1 Å². The molecule has 0 bridgehead atoms. The van der Waals surface area contributed by atoms with Gasteiger partial charge in [0.15, 0.2) is 5.16 Å². The molecule has 0 unspecified atom stereocenters. The van der Waals surface area contributed by atoms with Gasteiger partial charge in [-0.2, -0.15) is 0 Å². The number of rotatable bonds is 7. The highest BCUT2D eigenvalue weighted by molar-refractivity contribution is 8.00. The average Bonchev–Trinajstić information content (AvgIpc) is 3.15. The smallest absolute Gasteiger partial charge is 0.319 e. The molecule has 29 heavy (non-hydrogen) atoms. The third-order valence-electron chi connectivity index (χ3n) is 4.62. The Kier molecular flexibility index (Phi) is 6.12. The van der Waals surface area contributed by atoms with Gasteiger partial charge in [-0.3, -0.25) is 18.8 Å². The molecule has 9 nitrogen and oxygen atoms in total. The second-order valence-electron chi connectivity index (χ2n) is 6.65. The van der Waals surface area contributed by atoms with E-state index in [4.69, 9.17) is 0 Å². The number of para-hydroxylation sites is 1. The van der Waals surface area contributed by atoms with Crippen molar-refractivity contribution in [1.29, 1.82) is 0 Å². The Balaban J connectivity index is 1.83. The molecule has 10 heteroatoms. The molecule has 2 heterocycles. The molecule has 2 N–H and O–H groups in total. The zero-order valence-corrected chi connectivity index (χ0v) is 17.6. The average molecular weight is 417 g/mol. The zero-order chi connectivity index (χ0) is 21.1. The number of nitrogens with one attached hydrogen (secondary N) is 2. The predicted molar refractivity (Wildman–Crippen MR) is 113 cm³/mol. The standard InChI is InChI=1S/C19H24N6O3S/c1-5-11-24-18(28)21-22-19(24)29-13(3)16(26)20-15-12(2)23(4)25(17(15)27)14-9-7-6-8-10-14/h6-10,13H,5,11H2,1-4H3,(H,20,26)(H,21,28)/t13-/m1/s1. The summed E-state index contributed by atoms with van der Waals surface area (Å²) < 4.78 is 4.72. The molecule has 3 rings (SSSR count). The van der Waals surface area contributed by atoms with Crippen LogP contribution >= 0.6 is 11.8 Å². The lowest BCUT2D eigenvalue weighted by molar-refractivity contribution is -0.115. The lowest BCUT2D eigenvalue weighted by atomic mass is 10.3. The van der Waals surface area contributed by atoms with E-state index in [2.05, 4.69) is 15.5 Å². The molecule has 1 atom stereocenters. The highest BCUT2D eigenvalue weighted by Crippen LogP contribution is 2.22. The van der Waals surface area contributed by atoms with Crippen LogP contribution in [-0.4, -0.2) is 35.3 Å². The summed E-state index contributed by atoms with van der Waals surface area (Å²) in [6.45, 7) is 5.97. The number of carbonyl (C=O) groups excluding carboxylic acids is 1. The van der Waals surface area contributed by atoms with Gasteiger partial charge in [-0.25, -0.2) is 14.6 Å². The van der Waals surface area contributed by atoms with Crippen molar-refractivity contribution in [3.05, 3.63) is 56.9 Å². The van der Waals surface area contributed by atoms with E-state index in [-0.39, 0.29) is 22.8 Å². The molecular formula is C19H24N6O3S. The second-order valence-corrected chi connectivity index (χ2v) is 7.96. The number of aromatic amines is 1. The van der Waals surface area contributed by atoms with Gasteiger partial charge < -0.3 is 5.32 Å². The number of H-pyrrole nitrogens is 1. The molecule has 3 aromatic rings. The minimum Gasteiger partial charge on any atom is -0.319 e. The van der Waals surface area contributed by atoms with E-state index < -0.39 is 5.25 Å². The van der Waals surface area contributed by atoms with Gasteiger partial charge in [-0.15, -0.1) is 5.10 Å². The SMILES string of the molecule is CCCn1c(S[C@H](C)C(=O)Nc2c(C)n(C)n(-c3ccccc3)c2=O)n[nH]c1=O. The Labute approximate surface area is 171 Å². The van der Waals surface area contributed by atoms with Crippen LogP contribution < -0.4 is 16.6 Å². The molecule has 0 saturated heterocycles. The fourth-order valence-electron chi connectivity index (χ4n) is 2.96. The number of aromatic nitrogens is 5. The van der Waals surface area contributed by atoms with Gasteiger partial charge in [-0.05, 0) is 32.4 Å². The quantitative estimate of drug-likeness (QED) is 0.572. The summed E-state index contributed by atoms with van der Waals surface area (Å²) in [5, 5.41) is 9.05. The van der Waals surface area contributed by atoms with E-state index in [1.807, 2.05) is 37.3 Å². The van der Waals surface area contributed by atoms with E-state index in [0.29, 0.717) is 23.1 Å². The Morgan fingerprint density at radius 3 is 2.62 bits per heavy atom. The first-order chi connectivity index (χ1) is 13.8. The maximum Gasteiger partial charge on any atom is 0.343 e. The number of thioether (sulfide) groups is 1. The van der Waals surface area contributed by atoms with Gasteiger partial charge in [0.1, 0.15) is 5.69 Å². The van der Waals surface area contributed by atoms with Crippen molar-refractivity contribution in [3.8, 4) is 5.69 Å². The van der Waals surface area contributed by atoms with Crippen molar-refractivity contribution in [3.63, 3.8) is 0 Å². The van der Waals surface area contributed by atoms with E-state index in [1.165, 1.54) is 21.0 Å². The van der Waals surface area contributed by atoms with Crippen molar-refractivity contribution in [2.24, 2.45) is 7.05 Å². The second kappa shape index (κ2) is 8.56. The highest BCUT2D eigenvalue weighted by atomic mass is 32.2. The molecule has 2 aromatic heterocycles. The maximum atomic E-state index is 12.9. The van der Waals surface area contributed by atoms with Gasteiger partial charge in [0.2, 0.25) is 5.91 Å². The van der Waals surface area contributed by atoms with Crippen LogP contribution in [0.2, 0.25) is 0 Å². The fraction of sp³-hybridized carbons (Fsp3) is 0.368. The summed E-state index contributed by atoms with van der Waals surface area (Å²) in [7, 11) is 1.77. The highest BCUT2D eigenvalue weighted by Gasteiger charge is 2.23. The number of anilines is 1. The lowest BCUT2D eigenvalue weighted by Gasteiger charge is -2.11. The van der Waals surface area contributed by atoms with Gasteiger partial charge in [0.05, 0.1) is 16.6 Å². The summed E-state index contributed by atoms with van der Waals surface area (Å²) in [5.74, 6) is -0.334. The molecule has 0 saturated carbocycles. The molecule has 0 aliphatic rings. The van der Waals surface area contributed by atoms with Crippen molar-refractivity contribution in [2.45, 2.75) is 44.1 Å². The molecule has 0 spiro atoms. The molecule has 0 fully saturated rings. The van der Waals surface area contributed by atoms with Crippen LogP contribution in [0.4, 0.5) is 5.69 Å². The zero-order valence-electron chi connectivity index (χ0n) is 16.8. The monoisotopic (exact) mass is 416 g/mol. The van der Waals surface area contributed by atoms with E-state index in [9.17, 15) is 14.4 Å². The molecule has 1 amide bonds. The first-order valence-electron chi connectivity index (χ1n) is 9.31. The van der Waals surface area contributed by atoms with Gasteiger partial charge >= 0.3 is 5.69 Å². The third-order valence-corrected chi connectivity index (χ3v) is 5.71. The minimum absolute atomic E-state index is 0.238. The minimum atomic E-state index is -0.551. The molecule has 0 radical (unpaired) electrons. The van der Waals surface area contributed by atoms with Crippen LogP contribution in [0.3, 0.4) is 0 Å². The molecular weight excluding hydrogens is 392 g/mol. The van der Waals surface area contributed by atoms with Gasteiger partial charge in [-0.1, -0.05) is 36.9 Å². The van der Waals surface area contributed by atoms with Crippen LogP contribution in [0.1, 0.15) is 26.0 Å². The summed E-state index contributed by atoms with van der Waals surface area (Å²) in [6.07, 6.45) is 0.774. The Bertz CT molecular complexity index is 1130. The van der Waals surface area contributed by atoms with Crippen LogP contribution in [0.15, 0.2) is 45.1 Å². The molecule has 1 aromatic carbocycles. The maximum absolute atomic E-state index is 12.9. The first-order valence-corrected chi connectivity index (χ1v) is 10.2. The number of nitrogens with zero attached hydrogens (tertiary/aromatic N) is 4. The summed E-state index contributed by atoms with van der Waals surface area (Å²) in [4.78, 5) is 37.5. The summed E-state index contributed by atoms with van der Waals surface area (Å²) >= 11 is 1.17.